The van der Waals surface area contributed by atoms with E-state index in [0.717, 1.165) is 5.56 Å². The van der Waals surface area contributed by atoms with Crippen LogP contribution in [0.4, 0.5) is 0 Å². The van der Waals surface area contributed by atoms with Crippen molar-refractivity contribution in [1.82, 2.24) is 4.72 Å². The number of ketones is 1. The highest BCUT2D eigenvalue weighted by molar-refractivity contribution is 7.89. The van der Waals surface area contributed by atoms with Crippen LogP contribution in [0.2, 0.25) is 0 Å². The van der Waals surface area contributed by atoms with Crippen LogP contribution in [0.3, 0.4) is 0 Å². The molecule has 6 nitrogen and oxygen atoms in total. The third-order valence-corrected chi connectivity index (χ3v) is 5.80. The molecule has 1 atom stereocenters. The summed E-state index contributed by atoms with van der Waals surface area (Å²) in [6.45, 7) is 1.31. The first kappa shape index (κ1) is 21.4. The zero-order valence-corrected chi connectivity index (χ0v) is 17.1. The van der Waals surface area contributed by atoms with Crippen LogP contribution >= 0.6 is 0 Å². The second-order valence-corrected chi connectivity index (χ2v) is 8.42. The van der Waals surface area contributed by atoms with Gasteiger partial charge in [0.2, 0.25) is 15.8 Å². The molecule has 0 aliphatic carbocycles. The van der Waals surface area contributed by atoms with Crippen LogP contribution in [0.5, 0.6) is 0 Å². The molecule has 0 aliphatic rings. The van der Waals surface area contributed by atoms with Gasteiger partial charge in [0.1, 0.15) is 6.54 Å². The molecule has 0 aromatic heterocycles. The minimum atomic E-state index is -3.87. The Labute approximate surface area is 175 Å². The number of hydrogen-bond donors (Lipinski definition) is 1. The summed E-state index contributed by atoms with van der Waals surface area (Å²) in [6, 6.07) is 23.2. The molecule has 0 fully saturated rings. The van der Waals surface area contributed by atoms with Gasteiger partial charge in [-0.2, -0.15) is 4.72 Å². The van der Waals surface area contributed by atoms with E-state index in [1.54, 1.807) is 72.8 Å². The lowest BCUT2D eigenvalue weighted by atomic mass is 9.99. The number of benzene rings is 3. The number of nitrogens with one attached hydrogen (secondary N) is 1. The molecule has 0 saturated carbocycles. The van der Waals surface area contributed by atoms with E-state index in [1.807, 2.05) is 6.92 Å². The number of carbonyl (C=O) groups is 2. The molecular formula is C23H21NO5S. The number of ether oxygens (including phenoxy) is 1. The van der Waals surface area contributed by atoms with Crippen LogP contribution in [0.25, 0.3) is 0 Å². The smallest absolute Gasteiger partial charge is 0.322 e. The van der Waals surface area contributed by atoms with Crippen LogP contribution in [0.15, 0.2) is 89.8 Å². The molecule has 0 amide bonds. The average molecular weight is 423 g/mol. The molecule has 7 heteroatoms. The highest BCUT2D eigenvalue weighted by atomic mass is 32.2. The summed E-state index contributed by atoms with van der Waals surface area (Å²) >= 11 is 0. The van der Waals surface area contributed by atoms with Crippen molar-refractivity contribution >= 4 is 21.8 Å². The fourth-order valence-corrected chi connectivity index (χ4v) is 3.77. The third-order valence-electron chi connectivity index (χ3n) is 4.39. The maximum absolute atomic E-state index is 13.0. The van der Waals surface area contributed by atoms with Crippen LogP contribution in [-0.4, -0.2) is 26.7 Å². The molecule has 0 radical (unpaired) electrons. The molecule has 3 aromatic carbocycles. The summed E-state index contributed by atoms with van der Waals surface area (Å²) in [5.74, 6) is -1.25. The normalized spacial score (nSPS) is 12.2. The molecule has 0 spiro atoms. The maximum atomic E-state index is 13.0. The van der Waals surface area contributed by atoms with Crippen molar-refractivity contribution < 1.29 is 22.7 Å². The summed E-state index contributed by atoms with van der Waals surface area (Å²) < 4.78 is 32.2. The molecule has 0 saturated heterocycles. The number of esters is 1. The number of hydrogen-bond acceptors (Lipinski definition) is 5. The van der Waals surface area contributed by atoms with E-state index in [9.17, 15) is 18.0 Å². The minimum Gasteiger partial charge on any atom is -0.448 e. The first-order chi connectivity index (χ1) is 14.4. The van der Waals surface area contributed by atoms with E-state index in [-0.39, 0.29) is 10.7 Å². The van der Waals surface area contributed by atoms with Crippen molar-refractivity contribution in [3.8, 4) is 0 Å². The SMILES string of the molecule is Cc1ccc(C(=O)[C@@H](OC(=O)CNS(=O)(=O)c2ccccc2)c2ccccc2)cc1. The molecule has 0 unspecified atom stereocenters. The Hall–Kier alpha value is -3.29. The molecule has 0 aliphatic heterocycles. The molecule has 30 heavy (non-hydrogen) atoms. The van der Waals surface area contributed by atoms with Gasteiger partial charge in [0, 0.05) is 11.1 Å². The van der Waals surface area contributed by atoms with Gasteiger partial charge in [-0.25, -0.2) is 8.42 Å². The Morgan fingerprint density at radius 2 is 1.43 bits per heavy atom. The van der Waals surface area contributed by atoms with Crippen LogP contribution < -0.4 is 4.72 Å². The number of Topliss-reactive ketones (excluding diaryl/α,β-unsaturated/α-hetero) is 1. The van der Waals surface area contributed by atoms with Gasteiger partial charge in [0.15, 0.2) is 6.10 Å². The van der Waals surface area contributed by atoms with Gasteiger partial charge in [-0.15, -0.1) is 0 Å². The first-order valence-electron chi connectivity index (χ1n) is 9.27. The zero-order valence-electron chi connectivity index (χ0n) is 16.3. The Morgan fingerprint density at radius 1 is 0.867 bits per heavy atom. The lowest BCUT2D eigenvalue weighted by molar-refractivity contribution is -0.145. The third kappa shape index (κ3) is 5.40. The van der Waals surface area contributed by atoms with E-state index in [0.29, 0.717) is 11.1 Å². The second-order valence-electron chi connectivity index (χ2n) is 6.65. The Morgan fingerprint density at radius 3 is 2.03 bits per heavy atom. The summed E-state index contributed by atoms with van der Waals surface area (Å²) in [7, 11) is -3.87. The summed E-state index contributed by atoms with van der Waals surface area (Å²) in [5, 5.41) is 0. The quantitative estimate of drug-likeness (QED) is 0.443. The average Bonchev–Trinajstić information content (AvgIpc) is 2.77. The van der Waals surface area contributed by atoms with E-state index in [4.69, 9.17) is 4.74 Å². The number of sulfonamides is 1. The van der Waals surface area contributed by atoms with Crippen molar-refractivity contribution in [1.29, 1.82) is 0 Å². The zero-order chi connectivity index (χ0) is 21.6. The largest absolute Gasteiger partial charge is 0.448 e. The van der Waals surface area contributed by atoms with Gasteiger partial charge >= 0.3 is 5.97 Å². The minimum absolute atomic E-state index is 0.0353. The number of aryl methyl sites for hydroxylation is 1. The Kier molecular flexibility index (Phi) is 6.76. The van der Waals surface area contributed by atoms with E-state index in [1.165, 1.54) is 12.1 Å². The van der Waals surface area contributed by atoms with Crippen molar-refractivity contribution in [2.75, 3.05) is 6.54 Å². The fourth-order valence-electron chi connectivity index (χ4n) is 2.78. The molecular weight excluding hydrogens is 402 g/mol. The van der Waals surface area contributed by atoms with Crippen LogP contribution in [0, 0.1) is 6.92 Å². The molecule has 0 heterocycles. The molecule has 154 valence electrons. The highest BCUT2D eigenvalue weighted by Crippen LogP contribution is 2.23. The Balaban J connectivity index is 1.75. The van der Waals surface area contributed by atoms with Gasteiger partial charge in [-0.1, -0.05) is 78.4 Å². The molecule has 3 rings (SSSR count). The highest BCUT2D eigenvalue weighted by Gasteiger charge is 2.27. The van der Waals surface area contributed by atoms with Crippen LogP contribution in [0.1, 0.15) is 27.6 Å². The first-order valence-corrected chi connectivity index (χ1v) is 10.8. The van der Waals surface area contributed by atoms with E-state index in [2.05, 4.69) is 4.72 Å². The van der Waals surface area contributed by atoms with Crippen molar-refractivity contribution in [2.45, 2.75) is 17.9 Å². The van der Waals surface area contributed by atoms with Gasteiger partial charge in [0.25, 0.3) is 0 Å². The standard InChI is InChI=1S/C23H21NO5S/c1-17-12-14-18(15-13-17)22(26)23(19-8-4-2-5-9-19)29-21(25)16-24-30(27,28)20-10-6-3-7-11-20/h2-15,23-24H,16H2,1H3/t23-/m0/s1. The molecule has 0 bridgehead atoms. The monoisotopic (exact) mass is 423 g/mol. The lowest BCUT2D eigenvalue weighted by Crippen LogP contribution is -2.32. The fraction of sp³-hybridized carbons (Fsp3) is 0.130. The van der Waals surface area contributed by atoms with E-state index < -0.39 is 28.6 Å². The van der Waals surface area contributed by atoms with Gasteiger partial charge in [-0.3, -0.25) is 9.59 Å². The Bertz CT molecular complexity index is 1110. The molecule has 1 N–H and O–H groups in total. The van der Waals surface area contributed by atoms with Crippen molar-refractivity contribution in [3.63, 3.8) is 0 Å². The maximum Gasteiger partial charge on any atom is 0.322 e. The summed E-state index contributed by atoms with van der Waals surface area (Å²) in [4.78, 5) is 25.4. The second kappa shape index (κ2) is 9.47. The van der Waals surface area contributed by atoms with Gasteiger partial charge < -0.3 is 4.74 Å². The van der Waals surface area contributed by atoms with Crippen molar-refractivity contribution in [2.24, 2.45) is 0 Å². The topological polar surface area (TPSA) is 89.5 Å². The summed E-state index contributed by atoms with van der Waals surface area (Å²) in [6.07, 6.45) is -1.18. The predicted molar refractivity (Wildman–Crippen MR) is 112 cm³/mol. The number of carbonyl (C=O) groups excluding carboxylic acids is 2. The predicted octanol–water partition coefficient (Wildman–Crippen LogP) is 3.44. The number of rotatable bonds is 8. The van der Waals surface area contributed by atoms with E-state index >= 15 is 0 Å². The van der Waals surface area contributed by atoms with Gasteiger partial charge in [0.05, 0.1) is 4.90 Å². The molecule has 3 aromatic rings. The van der Waals surface area contributed by atoms with Gasteiger partial charge in [-0.05, 0) is 19.1 Å². The summed E-state index contributed by atoms with van der Waals surface area (Å²) in [5.41, 5.74) is 1.89. The lowest BCUT2D eigenvalue weighted by Gasteiger charge is -2.18. The van der Waals surface area contributed by atoms with Crippen LogP contribution in [-0.2, 0) is 19.6 Å². The van der Waals surface area contributed by atoms with Crippen molar-refractivity contribution in [3.05, 3.63) is 102 Å².